The van der Waals surface area contributed by atoms with Crippen molar-refractivity contribution < 1.29 is 24.5 Å². The average Bonchev–Trinajstić information content (AvgIpc) is 3.42. The molecule has 0 aromatic rings. The Kier molecular flexibility index (Phi) is 63.9. The van der Waals surface area contributed by atoms with E-state index in [-0.39, 0.29) is 18.5 Å². The molecule has 2 atom stereocenters. The summed E-state index contributed by atoms with van der Waals surface area (Å²) in [4.78, 5) is 24.6. The van der Waals surface area contributed by atoms with Gasteiger partial charge in [0.25, 0.3) is 0 Å². The molecular formula is C70H133NO5. The predicted octanol–water partition coefficient (Wildman–Crippen LogP) is 21.9. The van der Waals surface area contributed by atoms with E-state index in [0.29, 0.717) is 19.4 Å². The van der Waals surface area contributed by atoms with Crippen molar-refractivity contribution in [1.82, 2.24) is 5.32 Å². The van der Waals surface area contributed by atoms with Gasteiger partial charge in [-0.15, -0.1) is 0 Å². The second-order valence-electron chi connectivity index (χ2n) is 23.5. The van der Waals surface area contributed by atoms with E-state index in [1.54, 1.807) is 6.08 Å². The van der Waals surface area contributed by atoms with Crippen LogP contribution < -0.4 is 5.32 Å². The topological polar surface area (TPSA) is 95.9 Å². The quantitative estimate of drug-likeness (QED) is 0.0320. The number of esters is 1. The molecule has 0 heterocycles. The number of ether oxygens (including phenoxy) is 1. The van der Waals surface area contributed by atoms with Gasteiger partial charge in [0.2, 0.25) is 5.91 Å². The molecule has 6 nitrogen and oxygen atoms in total. The van der Waals surface area contributed by atoms with Crippen molar-refractivity contribution in [3.05, 3.63) is 36.5 Å². The molecule has 0 radical (unpaired) electrons. The summed E-state index contributed by atoms with van der Waals surface area (Å²) in [5.74, 6) is -0.0580. The fraction of sp³-hybridized carbons (Fsp3) is 0.886. The fourth-order valence-electron chi connectivity index (χ4n) is 10.6. The van der Waals surface area contributed by atoms with Gasteiger partial charge in [0, 0.05) is 12.8 Å². The number of aliphatic hydroxyl groups excluding tert-OH is 2. The Balaban J connectivity index is 3.39. The zero-order chi connectivity index (χ0) is 55.0. The van der Waals surface area contributed by atoms with Gasteiger partial charge in [-0.05, 0) is 83.5 Å². The highest BCUT2D eigenvalue weighted by Crippen LogP contribution is 2.18. The van der Waals surface area contributed by atoms with E-state index >= 15 is 0 Å². The molecular weight excluding hydrogens is 935 g/mol. The Morgan fingerprint density at radius 2 is 0.618 bits per heavy atom. The third-order valence-electron chi connectivity index (χ3n) is 15.9. The molecule has 2 unspecified atom stereocenters. The Hall–Kier alpha value is -1.92. The molecule has 0 spiro atoms. The van der Waals surface area contributed by atoms with Gasteiger partial charge in [-0.1, -0.05) is 314 Å². The van der Waals surface area contributed by atoms with E-state index in [4.69, 9.17) is 4.74 Å². The van der Waals surface area contributed by atoms with Crippen molar-refractivity contribution in [2.45, 2.75) is 386 Å². The SMILES string of the molecule is CCCCCCCC/C=C\CCCCCCCC(=O)OCCCCCCCCCCCCCC/C=C\CCCCCCCCCCCCCCC(=O)NC(CO)C(O)/C=C/CCCCCCCCCCCCCCCC. The first-order chi connectivity index (χ1) is 37.5. The van der Waals surface area contributed by atoms with Gasteiger partial charge in [0.15, 0.2) is 0 Å². The van der Waals surface area contributed by atoms with Crippen LogP contribution in [0.25, 0.3) is 0 Å². The molecule has 0 aromatic carbocycles. The molecule has 0 aromatic heterocycles. The molecule has 0 rings (SSSR count). The van der Waals surface area contributed by atoms with Gasteiger partial charge >= 0.3 is 5.97 Å². The molecule has 448 valence electrons. The van der Waals surface area contributed by atoms with E-state index in [2.05, 4.69) is 43.5 Å². The maximum atomic E-state index is 12.5. The third kappa shape index (κ3) is 61.3. The maximum absolute atomic E-state index is 12.5. The van der Waals surface area contributed by atoms with Gasteiger partial charge in [0.1, 0.15) is 0 Å². The number of rotatable bonds is 64. The van der Waals surface area contributed by atoms with Gasteiger partial charge in [-0.3, -0.25) is 9.59 Å². The van der Waals surface area contributed by atoms with Crippen LogP contribution in [0.4, 0.5) is 0 Å². The molecule has 0 bridgehead atoms. The minimum absolute atomic E-state index is 0.00781. The largest absolute Gasteiger partial charge is 0.466 e. The van der Waals surface area contributed by atoms with Crippen LogP contribution in [0.15, 0.2) is 36.5 Å². The Morgan fingerprint density at radius 3 is 0.934 bits per heavy atom. The Morgan fingerprint density at radius 1 is 0.355 bits per heavy atom. The number of amides is 1. The summed E-state index contributed by atoms with van der Waals surface area (Å²) >= 11 is 0. The first-order valence-corrected chi connectivity index (χ1v) is 34.3. The van der Waals surface area contributed by atoms with Crippen molar-refractivity contribution in [3.63, 3.8) is 0 Å². The van der Waals surface area contributed by atoms with E-state index in [9.17, 15) is 19.8 Å². The highest BCUT2D eigenvalue weighted by atomic mass is 16.5. The number of hydrogen-bond donors (Lipinski definition) is 3. The van der Waals surface area contributed by atoms with Crippen LogP contribution in [0.2, 0.25) is 0 Å². The number of aliphatic hydroxyl groups is 2. The minimum atomic E-state index is -0.845. The van der Waals surface area contributed by atoms with Crippen LogP contribution in [0.1, 0.15) is 373 Å². The molecule has 76 heavy (non-hydrogen) atoms. The first-order valence-electron chi connectivity index (χ1n) is 34.3. The molecule has 0 aliphatic carbocycles. The van der Waals surface area contributed by atoms with Crippen LogP contribution in [0.5, 0.6) is 0 Å². The lowest BCUT2D eigenvalue weighted by molar-refractivity contribution is -0.143. The number of carbonyl (C=O) groups excluding carboxylic acids is 2. The summed E-state index contributed by atoms with van der Waals surface area (Å²) in [6, 6.07) is -0.628. The molecule has 0 saturated carbocycles. The van der Waals surface area contributed by atoms with Crippen molar-refractivity contribution >= 4 is 11.9 Å². The second kappa shape index (κ2) is 65.6. The fourth-order valence-corrected chi connectivity index (χ4v) is 10.6. The molecule has 0 saturated heterocycles. The molecule has 3 N–H and O–H groups in total. The third-order valence-corrected chi connectivity index (χ3v) is 15.9. The van der Waals surface area contributed by atoms with Crippen molar-refractivity contribution in [1.29, 1.82) is 0 Å². The molecule has 0 aliphatic rings. The molecule has 6 heteroatoms. The summed E-state index contributed by atoms with van der Waals surface area (Å²) in [5.41, 5.74) is 0. The summed E-state index contributed by atoms with van der Waals surface area (Å²) in [5, 5.41) is 23.2. The second-order valence-corrected chi connectivity index (χ2v) is 23.5. The van der Waals surface area contributed by atoms with Crippen LogP contribution in [0.3, 0.4) is 0 Å². The van der Waals surface area contributed by atoms with Crippen LogP contribution in [-0.4, -0.2) is 47.4 Å². The zero-order valence-corrected chi connectivity index (χ0v) is 51.3. The lowest BCUT2D eigenvalue weighted by atomic mass is 10.0. The number of allylic oxidation sites excluding steroid dienone is 5. The van der Waals surface area contributed by atoms with E-state index in [0.717, 1.165) is 44.9 Å². The minimum Gasteiger partial charge on any atom is -0.466 e. The van der Waals surface area contributed by atoms with Gasteiger partial charge < -0.3 is 20.3 Å². The van der Waals surface area contributed by atoms with E-state index in [1.165, 1.54) is 302 Å². The molecule has 0 aliphatic heterocycles. The zero-order valence-electron chi connectivity index (χ0n) is 51.3. The van der Waals surface area contributed by atoms with Gasteiger partial charge in [0.05, 0.1) is 25.4 Å². The number of nitrogens with one attached hydrogen (secondary N) is 1. The van der Waals surface area contributed by atoms with E-state index < -0.39 is 12.1 Å². The maximum Gasteiger partial charge on any atom is 0.305 e. The van der Waals surface area contributed by atoms with Crippen LogP contribution >= 0.6 is 0 Å². The van der Waals surface area contributed by atoms with Crippen molar-refractivity contribution in [3.8, 4) is 0 Å². The lowest BCUT2D eigenvalue weighted by Crippen LogP contribution is -2.45. The monoisotopic (exact) mass is 1070 g/mol. The normalized spacial score (nSPS) is 12.7. The van der Waals surface area contributed by atoms with Crippen LogP contribution in [-0.2, 0) is 14.3 Å². The number of unbranched alkanes of at least 4 members (excludes halogenated alkanes) is 49. The van der Waals surface area contributed by atoms with Crippen molar-refractivity contribution in [2.24, 2.45) is 0 Å². The number of hydrogen-bond acceptors (Lipinski definition) is 5. The summed E-state index contributed by atoms with van der Waals surface area (Å²) in [6.07, 6.45) is 83.6. The predicted molar refractivity (Wildman–Crippen MR) is 333 cm³/mol. The van der Waals surface area contributed by atoms with Crippen LogP contribution in [0, 0.1) is 0 Å². The van der Waals surface area contributed by atoms with Gasteiger partial charge in [-0.2, -0.15) is 0 Å². The summed E-state index contributed by atoms with van der Waals surface area (Å²) in [6.45, 7) is 4.92. The first kappa shape index (κ1) is 74.1. The molecule has 0 fully saturated rings. The number of carbonyl (C=O) groups is 2. The Labute approximate surface area is 474 Å². The van der Waals surface area contributed by atoms with Gasteiger partial charge in [-0.25, -0.2) is 0 Å². The highest BCUT2D eigenvalue weighted by Gasteiger charge is 2.18. The van der Waals surface area contributed by atoms with Crippen molar-refractivity contribution in [2.75, 3.05) is 13.2 Å². The molecule has 1 amide bonds. The lowest BCUT2D eigenvalue weighted by Gasteiger charge is -2.20. The summed E-state index contributed by atoms with van der Waals surface area (Å²) in [7, 11) is 0. The summed E-state index contributed by atoms with van der Waals surface area (Å²) < 4.78 is 5.49. The highest BCUT2D eigenvalue weighted by molar-refractivity contribution is 5.76. The smallest absolute Gasteiger partial charge is 0.305 e. The average molecular weight is 1070 g/mol. The van der Waals surface area contributed by atoms with E-state index in [1.807, 2.05) is 6.08 Å². The Bertz CT molecular complexity index is 1230. The standard InChI is InChI=1S/C70H133NO5/c1-3-5-7-9-11-13-15-17-19-35-38-42-46-50-54-58-62-68(73)67(66-72)71-69(74)63-59-55-51-47-43-39-36-32-30-28-26-24-22-20-21-23-25-27-29-31-33-37-41-45-49-53-57-61-65-76-70(75)64-60-56-52-48-44-40-34-18-16-14-12-10-8-6-4-2/h18,20-21,34,58,62,67-68,72-73H,3-17,19,22-33,35-57,59-61,63-66H2,1-2H3,(H,71,74)/b21-20-,34-18-,62-58+.